The molecule has 1 amide bonds. The summed E-state index contributed by atoms with van der Waals surface area (Å²) >= 11 is 0. The maximum absolute atomic E-state index is 11.7. The highest BCUT2D eigenvalue weighted by Gasteiger charge is 2.32. The lowest BCUT2D eigenvalue weighted by Crippen LogP contribution is -2.26. The summed E-state index contributed by atoms with van der Waals surface area (Å²) in [5.41, 5.74) is 0.273. The minimum atomic E-state index is -0.116. The summed E-state index contributed by atoms with van der Waals surface area (Å²) in [6.07, 6.45) is 2.98. The molecule has 1 atom stereocenters. The van der Waals surface area contributed by atoms with E-state index in [2.05, 4.69) is 9.97 Å². The topological polar surface area (TPSA) is 90.1 Å². The summed E-state index contributed by atoms with van der Waals surface area (Å²) in [5.74, 6) is 0.140. The molecule has 2 rings (SSSR count). The zero-order valence-electron chi connectivity index (χ0n) is 8.50. The Morgan fingerprint density at radius 1 is 1.69 bits per heavy atom. The molecule has 6 heteroatoms. The molecule has 82 valence electrons. The second-order valence-corrected chi connectivity index (χ2v) is 3.63. The first-order valence-electron chi connectivity index (χ1n) is 4.87. The number of carbonyl (C=O) groups is 1. The van der Waals surface area contributed by atoms with Gasteiger partial charge in [-0.2, -0.15) is 5.26 Å². The van der Waals surface area contributed by atoms with Crippen molar-refractivity contribution in [2.75, 3.05) is 18.1 Å². The van der Waals surface area contributed by atoms with Crippen molar-refractivity contribution < 1.29 is 9.90 Å². The van der Waals surface area contributed by atoms with Gasteiger partial charge in [-0.1, -0.05) is 0 Å². The Labute approximate surface area is 92.2 Å². The Balaban J connectivity index is 2.32. The van der Waals surface area contributed by atoms with Crippen molar-refractivity contribution in [1.29, 1.82) is 5.26 Å². The monoisotopic (exact) mass is 218 g/mol. The Morgan fingerprint density at radius 2 is 2.50 bits per heavy atom. The van der Waals surface area contributed by atoms with Crippen molar-refractivity contribution in [3.05, 3.63) is 18.1 Å². The van der Waals surface area contributed by atoms with Gasteiger partial charge in [0.25, 0.3) is 0 Å². The van der Waals surface area contributed by atoms with Gasteiger partial charge in [-0.05, 0) is 0 Å². The molecule has 0 saturated carbocycles. The van der Waals surface area contributed by atoms with Crippen LogP contribution in [0.1, 0.15) is 12.0 Å². The van der Waals surface area contributed by atoms with Gasteiger partial charge < -0.3 is 5.11 Å². The van der Waals surface area contributed by atoms with Crippen molar-refractivity contribution >= 4 is 11.7 Å². The molecule has 0 aromatic carbocycles. The number of aliphatic hydroxyl groups excluding tert-OH is 1. The molecule has 0 radical (unpaired) electrons. The zero-order valence-corrected chi connectivity index (χ0v) is 8.50. The fourth-order valence-electron chi connectivity index (χ4n) is 1.73. The van der Waals surface area contributed by atoms with E-state index in [1.165, 1.54) is 17.4 Å². The first-order valence-corrected chi connectivity index (χ1v) is 4.87. The molecule has 6 nitrogen and oxygen atoms in total. The molecule has 1 aromatic rings. The Hall–Kier alpha value is -2.00. The summed E-state index contributed by atoms with van der Waals surface area (Å²) in [4.78, 5) is 20.8. The molecule has 0 aliphatic carbocycles. The molecule has 0 spiro atoms. The summed E-state index contributed by atoms with van der Waals surface area (Å²) in [6.45, 7) is 0.371. The van der Waals surface area contributed by atoms with Crippen LogP contribution in [0.2, 0.25) is 0 Å². The minimum Gasteiger partial charge on any atom is -0.396 e. The van der Waals surface area contributed by atoms with Gasteiger partial charge >= 0.3 is 0 Å². The highest BCUT2D eigenvalue weighted by Crippen LogP contribution is 2.24. The number of aliphatic hydroxyl groups is 1. The number of amides is 1. The van der Waals surface area contributed by atoms with E-state index >= 15 is 0 Å². The first kappa shape index (κ1) is 10.5. The first-order chi connectivity index (χ1) is 7.76. The van der Waals surface area contributed by atoms with Crippen LogP contribution in [-0.4, -0.2) is 34.1 Å². The van der Waals surface area contributed by atoms with E-state index in [9.17, 15) is 4.79 Å². The van der Waals surface area contributed by atoms with Gasteiger partial charge in [0.2, 0.25) is 5.91 Å². The molecule has 16 heavy (non-hydrogen) atoms. The molecule has 0 bridgehead atoms. The smallest absolute Gasteiger partial charge is 0.228 e. The number of aromatic nitrogens is 2. The van der Waals surface area contributed by atoms with E-state index in [0.717, 1.165) is 0 Å². The van der Waals surface area contributed by atoms with E-state index < -0.39 is 0 Å². The van der Waals surface area contributed by atoms with Crippen LogP contribution < -0.4 is 4.90 Å². The van der Waals surface area contributed by atoms with Crippen molar-refractivity contribution in [1.82, 2.24) is 9.97 Å². The zero-order chi connectivity index (χ0) is 11.5. The lowest BCUT2D eigenvalue weighted by atomic mass is 10.1. The van der Waals surface area contributed by atoms with Crippen LogP contribution >= 0.6 is 0 Å². The second kappa shape index (κ2) is 4.24. The summed E-state index contributed by atoms with van der Waals surface area (Å²) in [5, 5.41) is 17.9. The van der Waals surface area contributed by atoms with E-state index in [-0.39, 0.29) is 24.0 Å². The largest absolute Gasteiger partial charge is 0.396 e. The maximum Gasteiger partial charge on any atom is 0.228 e. The van der Waals surface area contributed by atoms with Gasteiger partial charge in [0.1, 0.15) is 18.0 Å². The van der Waals surface area contributed by atoms with Gasteiger partial charge in [-0.25, -0.2) is 9.97 Å². The number of rotatable bonds is 2. The molecule has 1 aliphatic rings. The van der Waals surface area contributed by atoms with Crippen molar-refractivity contribution in [2.45, 2.75) is 6.42 Å². The standard InChI is InChI=1S/C10H10N4O2/c11-2-8-3-12-6-13-10(8)14-4-7(5-15)1-9(14)16/h3,6-7,15H,1,4-5H2. The maximum atomic E-state index is 11.7. The molecule has 1 saturated heterocycles. The van der Waals surface area contributed by atoms with E-state index in [0.29, 0.717) is 18.8 Å². The summed E-state index contributed by atoms with van der Waals surface area (Å²) < 4.78 is 0. The number of carbonyl (C=O) groups excluding carboxylic acids is 1. The third kappa shape index (κ3) is 1.73. The molecule has 1 aliphatic heterocycles. The molecular weight excluding hydrogens is 208 g/mol. The SMILES string of the molecule is N#Cc1cncnc1N1CC(CO)CC1=O. The normalized spacial score (nSPS) is 19.9. The third-order valence-corrected chi connectivity index (χ3v) is 2.53. The predicted octanol–water partition coefficient (Wildman–Crippen LogP) is -0.307. The number of anilines is 1. The molecule has 1 aromatic heterocycles. The third-order valence-electron chi connectivity index (χ3n) is 2.53. The number of nitriles is 1. The van der Waals surface area contributed by atoms with Crippen LogP contribution in [0.25, 0.3) is 0 Å². The highest BCUT2D eigenvalue weighted by atomic mass is 16.3. The van der Waals surface area contributed by atoms with E-state index in [1.54, 1.807) is 0 Å². The molecule has 1 unspecified atom stereocenters. The van der Waals surface area contributed by atoms with Crippen LogP contribution in [0.5, 0.6) is 0 Å². The number of hydrogen-bond acceptors (Lipinski definition) is 5. The van der Waals surface area contributed by atoms with Crippen molar-refractivity contribution in [2.24, 2.45) is 5.92 Å². The fraction of sp³-hybridized carbons (Fsp3) is 0.400. The lowest BCUT2D eigenvalue weighted by Gasteiger charge is -2.15. The van der Waals surface area contributed by atoms with Crippen LogP contribution in [0.15, 0.2) is 12.5 Å². The number of hydrogen-bond donors (Lipinski definition) is 1. The van der Waals surface area contributed by atoms with Crippen molar-refractivity contribution in [3.8, 4) is 6.07 Å². The average molecular weight is 218 g/mol. The lowest BCUT2D eigenvalue weighted by molar-refractivity contribution is -0.117. The summed E-state index contributed by atoms with van der Waals surface area (Å²) in [7, 11) is 0. The molecule has 1 N–H and O–H groups in total. The fourth-order valence-corrected chi connectivity index (χ4v) is 1.73. The highest BCUT2D eigenvalue weighted by molar-refractivity contribution is 5.95. The van der Waals surface area contributed by atoms with Gasteiger partial charge in [-0.3, -0.25) is 9.69 Å². The van der Waals surface area contributed by atoms with Crippen LogP contribution in [0, 0.1) is 17.2 Å². The van der Waals surface area contributed by atoms with Gasteiger partial charge in [-0.15, -0.1) is 0 Å². The Morgan fingerprint density at radius 3 is 3.12 bits per heavy atom. The van der Waals surface area contributed by atoms with E-state index in [4.69, 9.17) is 10.4 Å². The van der Waals surface area contributed by atoms with Crippen molar-refractivity contribution in [3.63, 3.8) is 0 Å². The quantitative estimate of drug-likeness (QED) is 0.735. The predicted molar refractivity (Wildman–Crippen MR) is 54.3 cm³/mol. The van der Waals surface area contributed by atoms with Crippen LogP contribution in [0.3, 0.4) is 0 Å². The average Bonchev–Trinajstić information content (AvgIpc) is 2.70. The Bertz CT molecular complexity index is 454. The van der Waals surface area contributed by atoms with Crippen LogP contribution in [-0.2, 0) is 4.79 Å². The summed E-state index contributed by atoms with van der Waals surface area (Å²) in [6, 6.07) is 1.94. The van der Waals surface area contributed by atoms with Gasteiger partial charge in [0.15, 0.2) is 5.82 Å². The molecule has 1 fully saturated rings. The number of nitrogens with zero attached hydrogens (tertiary/aromatic N) is 4. The second-order valence-electron chi connectivity index (χ2n) is 3.63. The van der Waals surface area contributed by atoms with Gasteiger partial charge in [0.05, 0.1) is 6.20 Å². The van der Waals surface area contributed by atoms with Gasteiger partial charge in [0, 0.05) is 25.5 Å². The Kier molecular flexibility index (Phi) is 2.79. The van der Waals surface area contributed by atoms with E-state index in [1.807, 2.05) is 6.07 Å². The molecule has 2 heterocycles. The molecular formula is C10H10N4O2. The minimum absolute atomic E-state index is 0.0325. The van der Waals surface area contributed by atoms with Crippen LogP contribution in [0.4, 0.5) is 5.82 Å².